The third kappa shape index (κ3) is 6.22. The lowest BCUT2D eigenvalue weighted by atomic mass is 10.0. The summed E-state index contributed by atoms with van der Waals surface area (Å²) in [6, 6.07) is 3.40. The molecule has 0 amide bonds. The zero-order valence-corrected chi connectivity index (χ0v) is 15.1. The Morgan fingerprint density at radius 1 is 1.22 bits per heavy atom. The molecule has 0 aliphatic heterocycles. The molecule has 0 radical (unpaired) electrons. The normalized spacial score (nSPS) is 10.4. The fourth-order valence-corrected chi connectivity index (χ4v) is 2.38. The van der Waals surface area contributed by atoms with Gasteiger partial charge in [-0.3, -0.25) is 9.59 Å². The number of Topliss-reactive ketones (excluding diaryl/α,β-unsaturated/α-hetero) is 1. The lowest BCUT2D eigenvalue weighted by Gasteiger charge is -2.18. The highest BCUT2D eigenvalue weighted by atomic mass is 79.9. The molecule has 1 N–H and O–H groups in total. The van der Waals surface area contributed by atoms with Crippen LogP contribution in [0, 0.1) is 0 Å². The molecule has 0 saturated heterocycles. The molecule has 0 heterocycles. The van der Waals surface area contributed by atoms with E-state index in [1.807, 2.05) is 6.92 Å². The summed E-state index contributed by atoms with van der Waals surface area (Å²) in [4.78, 5) is 22.5. The molecule has 23 heavy (non-hydrogen) atoms. The van der Waals surface area contributed by atoms with Crippen LogP contribution in [0.1, 0.15) is 49.0 Å². The van der Waals surface area contributed by atoms with Crippen LogP contribution in [0.25, 0.3) is 0 Å². The van der Waals surface area contributed by atoms with Gasteiger partial charge < -0.3 is 14.6 Å². The summed E-state index contributed by atoms with van der Waals surface area (Å²) in [6.07, 6.45) is 2.32. The number of benzene rings is 1. The largest absolute Gasteiger partial charge is 0.493 e. The van der Waals surface area contributed by atoms with Gasteiger partial charge in [-0.25, -0.2) is 0 Å². The molecule has 0 atom stereocenters. The molecule has 0 aliphatic rings. The molecule has 0 aromatic heterocycles. The lowest BCUT2D eigenvalue weighted by Crippen LogP contribution is -2.10. The van der Waals surface area contributed by atoms with E-state index in [1.165, 1.54) is 6.92 Å². The van der Waals surface area contributed by atoms with Crippen LogP contribution >= 0.6 is 15.9 Å². The fraction of sp³-hybridized carbons (Fsp3) is 0.529. The van der Waals surface area contributed by atoms with Crippen molar-refractivity contribution in [3.8, 4) is 11.5 Å². The van der Waals surface area contributed by atoms with Gasteiger partial charge in [0.1, 0.15) is 11.5 Å². The standard InChI is InChI=1S/C17H23BrO5/c1-3-5-14-15(22-11-8-16(20)21)7-6-13(12(2)19)17(14)23-10-4-9-18/h6-7H,3-5,8-11H2,1-2H3,(H,20,21). The number of halogens is 1. The number of rotatable bonds is 11. The van der Waals surface area contributed by atoms with Gasteiger partial charge in [0.05, 0.1) is 25.2 Å². The van der Waals surface area contributed by atoms with Gasteiger partial charge in [-0.1, -0.05) is 29.3 Å². The van der Waals surface area contributed by atoms with Crippen molar-refractivity contribution in [2.75, 3.05) is 18.5 Å². The number of ether oxygens (including phenoxy) is 2. The Hall–Kier alpha value is -1.56. The van der Waals surface area contributed by atoms with Crippen molar-refractivity contribution < 1.29 is 24.2 Å². The second kappa shape index (κ2) is 10.3. The average molecular weight is 387 g/mol. The summed E-state index contributed by atoms with van der Waals surface area (Å²) in [6.45, 7) is 4.13. The van der Waals surface area contributed by atoms with Crippen LogP contribution in [-0.4, -0.2) is 35.4 Å². The van der Waals surface area contributed by atoms with Gasteiger partial charge in [0, 0.05) is 10.9 Å². The SMILES string of the molecule is CCCc1c(OCCC(=O)O)ccc(C(C)=O)c1OCCCBr. The molecule has 0 bridgehead atoms. The molecule has 6 heteroatoms. The molecule has 1 rings (SSSR count). The van der Waals surface area contributed by atoms with Gasteiger partial charge in [0.15, 0.2) is 5.78 Å². The molecule has 1 aromatic carbocycles. The first kappa shape index (κ1) is 19.5. The summed E-state index contributed by atoms with van der Waals surface area (Å²) >= 11 is 3.35. The Morgan fingerprint density at radius 2 is 1.96 bits per heavy atom. The van der Waals surface area contributed by atoms with E-state index in [2.05, 4.69) is 15.9 Å². The van der Waals surface area contributed by atoms with E-state index in [0.29, 0.717) is 30.1 Å². The first-order valence-corrected chi connectivity index (χ1v) is 8.83. The number of aliphatic carboxylic acids is 1. The third-order valence-corrected chi connectivity index (χ3v) is 3.76. The Morgan fingerprint density at radius 3 is 2.52 bits per heavy atom. The third-order valence-electron chi connectivity index (χ3n) is 3.19. The highest BCUT2D eigenvalue weighted by Gasteiger charge is 2.18. The highest BCUT2D eigenvalue weighted by Crippen LogP contribution is 2.34. The number of alkyl halides is 1. The minimum Gasteiger partial charge on any atom is -0.493 e. The van der Waals surface area contributed by atoms with Crippen molar-refractivity contribution in [1.29, 1.82) is 0 Å². The van der Waals surface area contributed by atoms with Crippen LogP contribution in [0.2, 0.25) is 0 Å². The van der Waals surface area contributed by atoms with Crippen LogP contribution in [0.15, 0.2) is 12.1 Å². The molecule has 5 nitrogen and oxygen atoms in total. The molecular formula is C17H23BrO5. The first-order valence-electron chi connectivity index (χ1n) is 7.71. The Bertz CT molecular complexity index is 542. The molecule has 1 aromatic rings. The zero-order valence-electron chi connectivity index (χ0n) is 13.6. The van der Waals surface area contributed by atoms with Gasteiger partial charge in [-0.15, -0.1) is 0 Å². The number of hydrogen-bond donors (Lipinski definition) is 1. The summed E-state index contributed by atoms with van der Waals surface area (Å²) in [5.41, 5.74) is 1.37. The number of carbonyl (C=O) groups excluding carboxylic acids is 1. The average Bonchev–Trinajstić information content (AvgIpc) is 2.49. The summed E-state index contributed by atoms with van der Waals surface area (Å²) in [5.74, 6) is 0.185. The van der Waals surface area contributed by atoms with Gasteiger partial charge in [-0.2, -0.15) is 0 Å². The van der Waals surface area contributed by atoms with E-state index in [-0.39, 0.29) is 18.8 Å². The van der Waals surface area contributed by atoms with Gasteiger partial charge in [0.25, 0.3) is 0 Å². The van der Waals surface area contributed by atoms with Crippen molar-refractivity contribution in [2.45, 2.75) is 39.5 Å². The predicted octanol–water partition coefficient (Wildman–Crippen LogP) is 3.86. The second-order valence-electron chi connectivity index (χ2n) is 5.11. The number of hydrogen-bond acceptors (Lipinski definition) is 4. The maximum atomic E-state index is 11.9. The molecule has 0 saturated carbocycles. The van der Waals surface area contributed by atoms with Crippen molar-refractivity contribution in [3.05, 3.63) is 23.3 Å². The van der Waals surface area contributed by atoms with Crippen molar-refractivity contribution in [3.63, 3.8) is 0 Å². The minimum absolute atomic E-state index is 0.0618. The molecule has 0 unspecified atom stereocenters. The van der Waals surface area contributed by atoms with Gasteiger partial charge in [0.2, 0.25) is 0 Å². The number of carboxylic acids is 1. The maximum absolute atomic E-state index is 11.9. The molecular weight excluding hydrogens is 364 g/mol. The van der Waals surface area contributed by atoms with Crippen LogP contribution in [0.5, 0.6) is 11.5 Å². The predicted molar refractivity (Wildman–Crippen MR) is 92.1 cm³/mol. The molecule has 0 fully saturated rings. The number of ketones is 1. The van der Waals surface area contributed by atoms with Crippen molar-refractivity contribution in [1.82, 2.24) is 0 Å². The van der Waals surface area contributed by atoms with E-state index in [0.717, 1.165) is 23.7 Å². The minimum atomic E-state index is -0.906. The van der Waals surface area contributed by atoms with Crippen molar-refractivity contribution >= 4 is 27.7 Å². The molecule has 128 valence electrons. The Kier molecular flexibility index (Phi) is 8.69. The number of carboxylic acid groups (broad SMARTS) is 1. The van der Waals surface area contributed by atoms with Gasteiger partial charge >= 0.3 is 5.97 Å². The van der Waals surface area contributed by atoms with Crippen LogP contribution in [-0.2, 0) is 11.2 Å². The summed E-state index contributed by atoms with van der Waals surface area (Å²) in [5, 5.41) is 9.54. The summed E-state index contributed by atoms with van der Waals surface area (Å²) in [7, 11) is 0. The van der Waals surface area contributed by atoms with E-state index < -0.39 is 5.97 Å². The smallest absolute Gasteiger partial charge is 0.306 e. The lowest BCUT2D eigenvalue weighted by molar-refractivity contribution is -0.137. The van der Waals surface area contributed by atoms with Gasteiger partial charge in [-0.05, 0) is 31.9 Å². The monoisotopic (exact) mass is 386 g/mol. The first-order chi connectivity index (χ1) is 11.0. The molecule has 0 spiro atoms. The quantitative estimate of drug-likeness (QED) is 0.355. The van der Waals surface area contributed by atoms with E-state index in [4.69, 9.17) is 14.6 Å². The number of carbonyl (C=O) groups is 2. The Balaban J connectivity index is 3.11. The molecule has 0 aliphatic carbocycles. The van der Waals surface area contributed by atoms with Crippen molar-refractivity contribution in [2.24, 2.45) is 0 Å². The topological polar surface area (TPSA) is 72.8 Å². The van der Waals surface area contributed by atoms with Crippen LogP contribution < -0.4 is 9.47 Å². The zero-order chi connectivity index (χ0) is 17.2. The summed E-state index contributed by atoms with van der Waals surface area (Å²) < 4.78 is 11.4. The van der Waals surface area contributed by atoms with E-state index in [9.17, 15) is 9.59 Å². The van der Waals surface area contributed by atoms with Crippen LogP contribution in [0.4, 0.5) is 0 Å². The van der Waals surface area contributed by atoms with Crippen LogP contribution in [0.3, 0.4) is 0 Å². The fourth-order valence-electron chi connectivity index (χ4n) is 2.15. The Labute approximate surface area is 145 Å². The van der Waals surface area contributed by atoms with E-state index >= 15 is 0 Å². The van der Waals surface area contributed by atoms with E-state index in [1.54, 1.807) is 12.1 Å². The maximum Gasteiger partial charge on any atom is 0.306 e. The highest BCUT2D eigenvalue weighted by molar-refractivity contribution is 9.09. The second-order valence-corrected chi connectivity index (χ2v) is 5.90.